The van der Waals surface area contributed by atoms with Crippen molar-refractivity contribution in [3.8, 4) is 0 Å². The molecule has 2 aromatic rings. The molecule has 88 valence electrons. The van der Waals surface area contributed by atoms with E-state index in [0.29, 0.717) is 16.8 Å². The predicted octanol–water partition coefficient (Wildman–Crippen LogP) is 1.73. The normalized spacial score (nSPS) is 10.2. The van der Waals surface area contributed by atoms with Crippen LogP contribution in [0.15, 0.2) is 39.9 Å². The Morgan fingerprint density at radius 3 is 2.76 bits per heavy atom. The van der Waals surface area contributed by atoms with Crippen LogP contribution in [-0.4, -0.2) is 9.97 Å². The average Bonchev–Trinajstić information content (AvgIpc) is 2.33. The van der Waals surface area contributed by atoms with Crippen molar-refractivity contribution in [3.63, 3.8) is 0 Å². The lowest BCUT2D eigenvalue weighted by Gasteiger charge is -2.06. The van der Waals surface area contributed by atoms with Gasteiger partial charge in [-0.3, -0.25) is 4.79 Å². The van der Waals surface area contributed by atoms with E-state index >= 15 is 0 Å². The molecule has 0 amide bonds. The van der Waals surface area contributed by atoms with E-state index in [1.165, 1.54) is 6.33 Å². The lowest BCUT2D eigenvalue weighted by Crippen LogP contribution is -2.12. The second kappa shape index (κ2) is 5.01. The SMILES string of the molecule is Nc1ccc(CNc2nc[nH]c(=O)c2Br)cc1. The Hall–Kier alpha value is -1.82. The summed E-state index contributed by atoms with van der Waals surface area (Å²) in [5.41, 5.74) is 7.17. The minimum atomic E-state index is -0.209. The van der Waals surface area contributed by atoms with Gasteiger partial charge in [-0.1, -0.05) is 12.1 Å². The molecule has 0 saturated heterocycles. The summed E-state index contributed by atoms with van der Waals surface area (Å²) < 4.78 is 0.399. The maximum absolute atomic E-state index is 11.3. The lowest BCUT2D eigenvalue weighted by atomic mass is 10.2. The fourth-order valence-electron chi connectivity index (χ4n) is 1.33. The smallest absolute Gasteiger partial charge is 0.267 e. The molecule has 1 aromatic carbocycles. The number of H-pyrrole nitrogens is 1. The van der Waals surface area contributed by atoms with E-state index in [1.807, 2.05) is 24.3 Å². The van der Waals surface area contributed by atoms with Crippen molar-refractivity contribution in [2.24, 2.45) is 0 Å². The third-order valence-corrected chi connectivity index (χ3v) is 2.97. The zero-order chi connectivity index (χ0) is 12.3. The second-order valence-corrected chi connectivity index (χ2v) is 4.28. The summed E-state index contributed by atoms with van der Waals surface area (Å²) in [6.45, 7) is 0.579. The number of rotatable bonds is 3. The minimum absolute atomic E-state index is 0.209. The Morgan fingerprint density at radius 1 is 1.35 bits per heavy atom. The largest absolute Gasteiger partial charge is 0.399 e. The van der Waals surface area contributed by atoms with Crippen LogP contribution in [0.2, 0.25) is 0 Å². The first-order valence-electron chi connectivity index (χ1n) is 4.98. The van der Waals surface area contributed by atoms with Gasteiger partial charge in [-0.2, -0.15) is 0 Å². The standard InChI is InChI=1S/C11H11BrN4O/c12-9-10(15-6-16-11(9)17)14-5-7-1-3-8(13)4-2-7/h1-4,6H,5,13H2,(H2,14,15,16,17). The highest BCUT2D eigenvalue weighted by molar-refractivity contribution is 9.10. The number of nitrogens with two attached hydrogens (primary N) is 1. The summed E-state index contributed by atoms with van der Waals surface area (Å²) in [5.74, 6) is 0.519. The Balaban J connectivity index is 2.10. The highest BCUT2D eigenvalue weighted by atomic mass is 79.9. The third-order valence-electron chi connectivity index (χ3n) is 2.24. The number of aromatic nitrogens is 2. The zero-order valence-electron chi connectivity index (χ0n) is 8.90. The highest BCUT2D eigenvalue weighted by Gasteiger charge is 2.04. The molecule has 4 N–H and O–H groups in total. The quantitative estimate of drug-likeness (QED) is 0.753. The third kappa shape index (κ3) is 2.85. The van der Waals surface area contributed by atoms with Crippen LogP contribution in [0.4, 0.5) is 11.5 Å². The van der Waals surface area contributed by atoms with Gasteiger partial charge in [0.15, 0.2) is 0 Å². The monoisotopic (exact) mass is 294 g/mol. The maximum Gasteiger partial charge on any atom is 0.267 e. The molecule has 0 bridgehead atoms. The van der Waals surface area contributed by atoms with E-state index in [4.69, 9.17) is 5.73 Å². The van der Waals surface area contributed by atoms with Crippen LogP contribution in [0.1, 0.15) is 5.56 Å². The van der Waals surface area contributed by atoms with Crippen LogP contribution in [0, 0.1) is 0 Å². The molecule has 1 aromatic heterocycles. The van der Waals surface area contributed by atoms with E-state index in [0.717, 1.165) is 11.3 Å². The van der Waals surface area contributed by atoms with Gasteiger partial charge in [0.1, 0.15) is 10.3 Å². The van der Waals surface area contributed by atoms with Gasteiger partial charge in [-0.25, -0.2) is 4.98 Å². The van der Waals surface area contributed by atoms with Crippen molar-refractivity contribution >= 4 is 27.4 Å². The number of halogens is 1. The Bertz CT molecular complexity index is 564. The fourth-order valence-corrected chi connectivity index (χ4v) is 1.68. The molecule has 0 fully saturated rings. The molecule has 0 aliphatic heterocycles. The summed E-state index contributed by atoms with van der Waals surface area (Å²) in [6, 6.07) is 7.50. The van der Waals surface area contributed by atoms with Crippen molar-refractivity contribution < 1.29 is 0 Å². The van der Waals surface area contributed by atoms with Crippen LogP contribution in [0.25, 0.3) is 0 Å². The molecule has 0 spiro atoms. The fraction of sp³-hybridized carbons (Fsp3) is 0.0909. The van der Waals surface area contributed by atoms with Crippen LogP contribution >= 0.6 is 15.9 Å². The summed E-state index contributed by atoms with van der Waals surface area (Å²) >= 11 is 3.18. The molecule has 17 heavy (non-hydrogen) atoms. The molecule has 5 nitrogen and oxygen atoms in total. The molecule has 0 atom stereocenters. The van der Waals surface area contributed by atoms with Gasteiger partial charge in [0.25, 0.3) is 5.56 Å². The van der Waals surface area contributed by atoms with Gasteiger partial charge in [0.2, 0.25) is 0 Å². The van der Waals surface area contributed by atoms with E-state index in [1.54, 1.807) is 0 Å². The number of nitrogens with zero attached hydrogens (tertiary/aromatic N) is 1. The first-order chi connectivity index (χ1) is 8.16. The average molecular weight is 295 g/mol. The molecule has 2 rings (SSSR count). The Kier molecular flexibility index (Phi) is 3.43. The number of benzene rings is 1. The number of hydrogen-bond donors (Lipinski definition) is 3. The number of nitrogen functional groups attached to an aromatic ring is 1. The number of aromatic amines is 1. The zero-order valence-corrected chi connectivity index (χ0v) is 10.5. The molecule has 6 heteroatoms. The van der Waals surface area contributed by atoms with Gasteiger partial charge in [0, 0.05) is 12.2 Å². The van der Waals surface area contributed by atoms with Crippen molar-refractivity contribution in [1.29, 1.82) is 0 Å². The second-order valence-electron chi connectivity index (χ2n) is 3.49. The summed E-state index contributed by atoms with van der Waals surface area (Å²) in [6.07, 6.45) is 1.36. The number of nitrogens with one attached hydrogen (secondary N) is 2. The van der Waals surface area contributed by atoms with E-state index in [-0.39, 0.29) is 5.56 Å². The first-order valence-corrected chi connectivity index (χ1v) is 5.77. The number of hydrogen-bond acceptors (Lipinski definition) is 4. The number of anilines is 2. The molecule has 0 aliphatic rings. The van der Waals surface area contributed by atoms with E-state index < -0.39 is 0 Å². The van der Waals surface area contributed by atoms with Crippen LogP contribution in [0.3, 0.4) is 0 Å². The van der Waals surface area contributed by atoms with Crippen molar-refractivity contribution in [1.82, 2.24) is 9.97 Å². The van der Waals surface area contributed by atoms with Crippen LogP contribution in [0.5, 0.6) is 0 Å². The lowest BCUT2D eigenvalue weighted by molar-refractivity contribution is 1.05. The van der Waals surface area contributed by atoms with Crippen molar-refractivity contribution in [2.75, 3.05) is 11.1 Å². The van der Waals surface area contributed by atoms with Gasteiger partial charge in [-0.05, 0) is 33.6 Å². The van der Waals surface area contributed by atoms with Crippen LogP contribution in [-0.2, 0) is 6.54 Å². The topological polar surface area (TPSA) is 83.8 Å². The molecule has 0 radical (unpaired) electrons. The van der Waals surface area contributed by atoms with Gasteiger partial charge < -0.3 is 16.0 Å². The van der Waals surface area contributed by atoms with Gasteiger partial charge in [-0.15, -0.1) is 0 Å². The Morgan fingerprint density at radius 2 is 2.06 bits per heavy atom. The van der Waals surface area contributed by atoms with Crippen molar-refractivity contribution in [2.45, 2.75) is 6.54 Å². The molecular weight excluding hydrogens is 284 g/mol. The molecular formula is C11H11BrN4O. The van der Waals surface area contributed by atoms with E-state index in [9.17, 15) is 4.79 Å². The summed E-state index contributed by atoms with van der Waals surface area (Å²) in [4.78, 5) is 17.8. The highest BCUT2D eigenvalue weighted by Crippen LogP contribution is 2.14. The van der Waals surface area contributed by atoms with Gasteiger partial charge in [0.05, 0.1) is 6.33 Å². The van der Waals surface area contributed by atoms with Gasteiger partial charge >= 0.3 is 0 Å². The molecule has 0 unspecified atom stereocenters. The molecule has 0 aliphatic carbocycles. The Labute approximate surface area is 106 Å². The summed E-state index contributed by atoms with van der Waals surface area (Å²) in [7, 11) is 0. The van der Waals surface area contributed by atoms with Crippen molar-refractivity contribution in [3.05, 3.63) is 51.0 Å². The maximum atomic E-state index is 11.3. The molecule has 1 heterocycles. The molecule has 0 saturated carbocycles. The van der Waals surface area contributed by atoms with E-state index in [2.05, 4.69) is 31.2 Å². The summed E-state index contributed by atoms with van der Waals surface area (Å²) in [5, 5.41) is 3.07. The minimum Gasteiger partial charge on any atom is -0.399 e. The predicted molar refractivity (Wildman–Crippen MR) is 70.7 cm³/mol. The van der Waals surface area contributed by atoms with Crippen LogP contribution < -0.4 is 16.6 Å². The first kappa shape index (κ1) is 11.7.